The zero-order chi connectivity index (χ0) is 22.7. The number of carbonyl (C=O) groups excluding carboxylic acids is 1. The van der Waals surface area contributed by atoms with Crippen molar-refractivity contribution in [1.29, 1.82) is 0 Å². The first-order chi connectivity index (χ1) is 16.0. The smallest absolute Gasteiger partial charge is 0.329 e. The highest BCUT2D eigenvalue weighted by molar-refractivity contribution is 6.03. The molecule has 6 rings (SSSR count). The summed E-state index contributed by atoms with van der Waals surface area (Å²) in [4.78, 5) is 40.5. The predicted octanol–water partition coefficient (Wildman–Crippen LogP) is 2.40. The lowest BCUT2D eigenvalue weighted by molar-refractivity contribution is -0.130. The third kappa shape index (κ3) is 3.01. The van der Waals surface area contributed by atoms with E-state index in [-0.39, 0.29) is 17.6 Å². The molecule has 6 heterocycles. The van der Waals surface area contributed by atoms with E-state index in [2.05, 4.69) is 25.1 Å². The second-order valence-electron chi connectivity index (χ2n) is 8.56. The Balaban J connectivity index is 1.53. The first kappa shape index (κ1) is 19.6. The van der Waals surface area contributed by atoms with Crippen LogP contribution in [0.25, 0.3) is 44.2 Å². The van der Waals surface area contributed by atoms with Crippen molar-refractivity contribution >= 4 is 38.9 Å². The van der Waals surface area contributed by atoms with Crippen molar-refractivity contribution in [1.82, 2.24) is 39.2 Å². The average molecular weight is 442 g/mol. The standard InChI is InChI=1S/C23H22N8O2/c1-13(32)30-5-3-16(4-6-30)31-21-17-8-18(14-7-15-10-27-28-22(15)26-9-14)24-11-19(17)25-12-20(21)29(2)23(31)33/h7-12,16H,3-6H2,1-2H3,(H,26,27,28). The van der Waals surface area contributed by atoms with Crippen LogP contribution < -0.4 is 5.69 Å². The van der Waals surface area contributed by atoms with Gasteiger partial charge in [0.15, 0.2) is 5.65 Å². The van der Waals surface area contributed by atoms with E-state index >= 15 is 0 Å². The van der Waals surface area contributed by atoms with Crippen LogP contribution in [0.5, 0.6) is 0 Å². The lowest BCUT2D eigenvalue weighted by Crippen LogP contribution is -2.39. The summed E-state index contributed by atoms with van der Waals surface area (Å²) in [6.07, 6.45) is 8.44. The van der Waals surface area contributed by atoms with Gasteiger partial charge in [0, 0.05) is 55.6 Å². The van der Waals surface area contributed by atoms with E-state index in [0.717, 1.165) is 57.1 Å². The maximum Gasteiger partial charge on any atom is 0.329 e. The summed E-state index contributed by atoms with van der Waals surface area (Å²) < 4.78 is 3.54. The fraction of sp³-hybridized carbons (Fsp3) is 0.304. The molecular formula is C23H22N8O2. The molecule has 1 N–H and O–H groups in total. The van der Waals surface area contributed by atoms with Gasteiger partial charge in [0.25, 0.3) is 0 Å². The van der Waals surface area contributed by atoms with Crippen LogP contribution in [0.1, 0.15) is 25.8 Å². The van der Waals surface area contributed by atoms with E-state index in [4.69, 9.17) is 0 Å². The lowest BCUT2D eigenvalue weighted by atomic mass is 10.0. The summed E-state index contributed by atoms with van der Waals surface area (Å²) in [5.41, 5.74) is 4.63. The minimum atomic E-state index is -0.0691. The molecule has 1 aliphatic rings. The largest absolute Gasteiger partial charge is 0.343 e. The Bertz CT molecular complexity index is 1600. The molecule has 0 atom stereocenters. The number of nitrogens with one attached hydrogen (secondary N) is 1. The number of carbonyl (C=O) groups is 1. The number of H-pyrrole nitrogens is 1. The van der Waals surface area contributed by atoms with E-state index < -0.39 is 0 Å². The van der Waals surface area contributed by atoms with Crippen molar-refractivity contribution in [2.75, 3.05) is 13.1 Å². The number of amides is 1. The summed E-state index contributed by atoms with van der Waals surface area (Å²) in [6.45, 7) is 2.89. The molecule has 1 aliphatic heterocycles. The van der Waals surface area contributed by atoms with Crippen LogP contribution >= 0.6 is 0 Å². The molecule has 1 fully saturated rings. The van der Waals surface area contributed by atoms with Crippen molar-refractivity contribution in [3.8, 4) is 11.3 Å². The topological polar surface area (TPSA) is 115 Å². The van der Waals surface area contributed by atoms with Crippen molar-refractivity contribution in [2.24, 2.45) is 7.05 Å². The van der Waals surface area contributed by atoms with Gasteiger partial charge in [-0.3, -0.25) is 29.0 Å². The van der Waals surface area contributed by atoms with Crippen LogP contribution in [0.2, 0.25) is 0 Å². The van der Waals surface area contributed by atoms with Gasteiger partial charge >= 0.3 is 5.69 Å². The van der Waals surface area contributed by atoms with Crippen molar-refractivity contribution in [3.05, 3.63) is 47.4 Å². The molecule has 0 unspecified atom stereocenters. The maximum atomic E-state index is 13.3. The molecule has 0 spiro atoms. The summed E-state index contributed by atoms with van der Waals surface area (Å²) >= 11 is 0. The Hall–Kier alpha value is -4.08. The van der Waals surface area contributed by atoms with Gasteiger partial charge in [0.05, 0.1) is 40.8 Å². The predicted molar refractivity (Wildman–Crippen MR) is 124 cm³/mol. The number of likely N-dealkylation sites (tertiary alicyclic amines) is 1. The minimum absolute atomic E-state index is 0.0166. The summed E-state index contributed by atoms with van der Waals surface area (Å²) in [6, 6.07) is 3.99. The molecule has 0 saturated carbocycles. The molecule has 0 radical (unpaired) electrons. The number of aromatic nitrogens is 7. The average Bonchev–Trinajstić information content (AvgIpc) is 3.41. The fourth-order valence-corrected chi connectivity index (χ4v) is 4.84. The Morgan fingerprint density at radius 3 is 2.67 bits per heavy atom. The van der Waals surface area contributed by atoms with Crippen molar-refractivity contribution in [2.45, 2.75) is 25.8 Å². The number of aryl methyl sites for hydroxylation is 1. The minimum Gasteiger partial charge on any atom is -0.343 e. The van der Waals surface area contributed by atoms with Crippen LogP contribution in [0.3, 0.4) is 0 Å². The van der Waals surface area contributed by atoms with Gasteiger partial charge in [0.2, 0.25) is 5.91 Å². The monoisotopic (exact) mass is 442 g/mol. The van der Waals surface area contributed by atoms with Crippen LogP contribution in [0.4, 0.5) is 0 Å². The van der Waals surface area contributed by atoms with Gasteiger partial charge in [-0.15, -0.1) is 0 Å². The third-order valence-corrected chi connectivity index (χ3v) is 6.66. The number of rotatable bonds is 2. The second kappa shape index (κ2) is 7.22. The Morgan fingerprint density at radius 1 is 1.06 bits per heavy atom. The first-order valence-corrected chi connectivity index (χ1v) is 10.9. The second-order valence-corrected chi connectivity index (χ2v) is 8.56. The van der Waals surface area contributed by atoms with Gasteiger partial charge < -0.3 is 4.90 Å². The molecular weight excluding hydrogens is 420 g/mol. The lowest BCUT2D eigenvalue weighted by Gasteiger charge is -2.32. The van der Waals surface area contributed by atoms with Crippen molar-refractivity contribution < 1.29 is 4.79 Å². The number of fused-ring (bicyclic) bond motifs is 4. The van der Waals surface area contributed by atoms with E-state index in [9.17, 15) is 9.59 Å². The molecule has 33 heavy (non-hydrogen) atoms. The molecule has 5 aromatic heterocycles. The highest BCUT2D eigenvalue weighted by atomic mass is 16.2. The molecule has 0 aromatic carbocycles. The molecule has 1 saturated heterocycles. The molecule has 1 amide bonds. The fourth-order valence-electron chi connectivity index (χ4n) is 4.84. The zero-order valence-corrected chi connectivity index (χ0v) is 18.3. The summed E-state index contributed by atoms with van der Waals surface area (Å²) in [5, 5.41) is 8.67. The summed E-state index contributed by atoms with van der Waals surface area (Å²) in [5.74, 6) is 0.0762. The number of hydrogen-bond donors (Lipinski definition) is 1. The maximum absolute atomic E-state index is 13.3. The number of imidazole rings is 1. The summed E-state index contributed by atoms with van der Waals surface area (Å²) in [7, 11) is 1.78. The van der Waals surface area contributed by atoms with Crippen LogP contribution in [-0.4, -0.2) is 58.2 Å². The van der Waals surface area contributed by atoms with E-state index in [1.165, 1.54) is 0 Å². The number of pyridine rings is 3. The number of nitrogens with zero attached hydrogens (tertiary/aromatic N) is 7. The van der Waals surface area contributed by atoms with Crippen LogP contribution in [-0.2, 0) is 11.8 Å². The van der Waals surface area contributed by atoms with E-state index in [1.807, 2.05) is 21.6 Å². The first-order valence-electron chi connectivity index (χ1n) is 10.9. The van der Waals surface area contributed by atoms with Crippen LogP contribution in [0.15, 0.2) is 41.7 Å². The molecule has 10 heteroatoms. The van der Waals surface area contributed by atoms with E-state index in [0.29, 0.717) is 13.1 Å². The quantitative estimate of drug-likeness (QED) is 0.449. The van der Waals surface area contributed by atoms with Crippen molar-refractivity contribution in [3.63, 3.8) is 0 Å². The molecule has 10 nitrogen and oxygen atoms in total. The number of hydrogen-bond acceptors (Lipinski definition) is 6. The molecule has 166 valence electrons. The molecule has 0 bridgehead atoms. The number of piperidine rings is 1. The van der Waals surface area contributed by atoms with Gasteiger partial charge in [-0.05, 0) is 25.0 Å². The zero-order valence-electron chi connectivity index (χ0n) is 18.3. The van der Waals surface area contributed by atoms with Gasteiger partial charge in [-0.2, -0.15) is 5.10 Å². The Morgan fingerprint density at radius 2 is 1.88 bits per heavy atom. The molecule has 5 aromatic rings. The third-order valence-electron chi connectivity index (χ3n) is 6.66. The van der Waals surface area contributed by atoms with Gasteiger partial charge in [-0.25, -0.2) is 9.78 Å². The van der Waals surface area contributed by atoms with Gasteiger partial charge in [-0.1, -0.05) is 0 Å². The Labute approximate surface area is 187 Å². The van der Waals surface area contributed by atoms with E-state index in [1.54, 1.807) is 43.3 Å². The Kier molecular flexibility index (Phi) is 4.29. The molecule has 0 aliphatic carbocycles. The highest BCUT2D eigenvalue weighted by Crippen LogP contribution is 2.31. The number of aromatic amines is 1. The van der Waals surface area contributed by atoms with Crippen LogP contribution in [0, 0.1) is 0 Å². The SMILES string of the molecule is CC(=O)N1CCC(n2c(=O)n(C)c3cnc4cnc(-c5cnc6[nH]ncc6c5)cc4c32)CC1. The normalized spacial score (nSPS) is 15.2. The highest BCUT2D eigenvalue weighted by Gasteiger charge is 2.27. The van der Waals surface area contributed by atoms with Gasteiger partial charge in [0.1, 0.15) is 0 Å².